The van der Waals surface area contributed by atoms with Gasteiger partial charge in [-0.2, -0.15) is 0 Å². The maximum atomic E-state index is 5.72. The third-order valence-corrected chi connectivity index (χ3v) is 2.52. The molecule has 2 aromatic rings. The summed E-state index contributed by atoms with van der Waals surface area (Å²) in [6.45, 7) is 1.14. The lowest BCUT2D eigenvalue weighted by atomic mass is 10.1. The predicted molar refractivity (Wildman–Crippen MR) is 64.7 cm³/mol. The molecule has 2 rings (SSSR count). The highest BCUT2D eigenvalue weighted by Gasteiger charge is 2.10. The van der Waals surface area contributed by atoms with Gasteiger partial charge in [-0.15, -0.1) is 0 Å². The quantitative estimate of drug-likeness (QED) is 0.826. The number of furan rings is 1. The number of nitrogens with zero attached hydrogens (tertiary/aromatic N) is 1. The van der Waals surface area contributed by atoms with Crippen LogP contribution in [0.2, 0.25) is 0 Å². The fourth-order valence-electron chi connectivity index (χ4n) is 1.57. The molecule has 4 nitrogen and oxygen atoms in total. The van der Waals surface area contributed by atoms with Gasteiger partial charge in [-0.1, -0.05) is 0 Å². The summed E-state index contributed by atoms with van der Waals surface area (Å²) in [5, 5.41) is 0. The minimum absolute atomic E-state index is 0.251. The monoisotopic (exact) mass is 232 g/mol. The smallest absolute Gasteiger partial charge is 0.137 e. The molecule has 1 atom stereocenters. The molecule has 90 valence electrons. The normalized spacial score (nSPS) is 12.3. The molecule has 0 aromatic carbocycles. The van der Waals surface area contributed by atoms with Crippen molar-refractivity contribution in [2.75, 3.05) is 13.2 Å². The van der Waals surface area contributed by atoms with Gasteiger partial charge in [0, 0.05) is 18.5 Å². The first-order chi connectivity index (χ1) is 8.38. The Kier molecular flexibility index (Phi) is 4.16. The van der Waals surface area contributed by atoms with Gasteiger partial charge in [-0.05, 0) is 30.8 Å². The summed E-state index contributed by atoms with van der Waals surface area (Å²) in [6.07, 6.45) is 5.88. The minimum Gasteiger partial charge on any atom is -0.492 e. The Bertz CT molecular complexity index is 414. The molecule has 0 aliphatic heterocycles. The summed E-state index contributed by atoms with van der Waals surface area (Å²) >= 11 is 0. The van der Waals surface area contributed by atoms with E-state index >= 15 is 0 Å². The van der Waals surface area contributed by atoms with Crippen LogP contribution < -0.4 is 10.5 Å². The maximum absolute atomic E-state index is 5.72. The van der Waals surface area contributed by atoms with Crippen molar-refractivity contribution in [1.82, 2.24) is 4.98 Å². The van der Waals surface area contributed by atoms with Crippen molar-refractivity contribution in [3.05, 3.63) is 48.7 Å². The third-order valence-electron chi connectivity index (χ3n) is 2.52. The van der Waals surface area contributed by atoms with Crippen molar-refractivity contribution < 1.29 is 9.15 Å². The van der Waals surface area contributed by atoms with E-state index in [2.05, 4.69) is 4.98 Å². The van der Waals surface area contributed by atoms with Crippen LogP contribution in [-0.4, -0.2) is 18.1 Å². The van der Waals surface area contributed by atoms with E-state index in [0.29, 0.717) is 13.2 Å². The van der Waals surface area contributed by atoms with Crippen LogP contribution in [0.5, 0.6) is 5.75 Å². The van der Waals surface area contributed by atoms with Crippen LogP contribution in [-0.2, 0) is 6.42 Å². The molecule has 1 unspecified atom stereocenters. The number of hydrogen-bond donors (Lipinski definition) is 1. The second kappa shape index (κ2) is 6.06. The Labute approximate surface area is 100 Å². The van der Waals surface area contributed by atoms with E-state index in [0.717, 1.165) is 17.9 Å². The minimum atomic E-state index is 0.251. The van der Waals surface area contributed by atoms with Crippen molar-refractivity contribution >= 4 is 0 Å². The first-order valence-corrected chi connectivity index (χ1v) is 5.63. The lowest BCUT2D eigenvalue weighted by molar-refractivity contribution is 0.244. The molecule has 0 saturated carbocycles. The fraction of sp³-hybridized carbons (Fsp3) is 0.308. The molecule has 0 fully saturated rings. The van der Waals surface area contributed by atoms with E-state index in [-0.39, 0.29) is 5.92 Å². The number of rotatable bonds is 6. The lowest BCUT2D eigenvalue weighted by Gasteiger charge is -2.14. The van der Waals surface area contributed by atoms with Crippen LogP contribution in [0.4, 0.5) is 0 Å². The standard InChI is InChI=1S/C13H16N2O2/c14-8-11(7-12-4-2-6-16-12)10-17-13-3-1-5-15-9-13/h1-6,9,11H,7-8,10,14H2. The van der Waals surface area contributed by atoms with E-state index < -0.39 is 0 Å². The van der Waals surface area contributed by atoms with Gasteiger partial charge in [-0.3, -0.25) is 4.98 Å². The van der Waals surface area contributed by atoms with Crippen molar-refractivity contribution in [1.29, 1.82) is 0 Å². The molecule has 0 saturated heterocycles. The highest BCUT2D eigenvalue weighted by Crippen LogP contribution is 2.12. The van der Waals surface area contributed by atoms with Crippen LogP contribution >= 0.6 is 0 Å². The Hall–Kier alpha value is -1.81. The second-order valence-corrected chi connectivity index (χ2v) is 3.88. The maximum Gasteiger partial charge on any atom is 0.137 e. The highest BCUT2D eigenvalue weighted by molar-refractivity contribution is 5.15. The number of nitrogens with two attached hydrogens (primary N) is 1. The van der Waals surface area contributed by atoms with Gasteiger partial charge in [-0.25, -0.2) is 0 Å². The van der Waals surface area contributed by atoms with Gasteiger partial charge in [0.05, 0.1) is 19.1 Å². The molecule has 0 aliphatic carbocycles. The fourth-order valence-corrected chi connectivity index (χ4v) is 1.57. The first-order valence-electron chi connectivity index (χ1n) is 5.63. The molecular weight excluding hydrogens is 216 g/mol. The average molecular weight is 232 g/mol. The highest BCUT2D eigenvalue weighted by atomic mass is 16.5. The zero-order chi connectivity index (χ0) is 11.9. The molecule has 0 bridgehead atoms. The summed E-state index contributed by atoms with van der Waals surface area (Å²) in [5.41, 5.74) is 5.72. The van der Waals surface area contributed by atoms with Gasteiger partial charge in [0.15, 0.2) is 0 Å². The predicted octanol–water partition coefficient (Wildman–Crippen LogP) is 1.87. The van der Waals surface area contributed by atoms with E-state index in [1.165, 1.54) is 0 Å². The Morgan fingerprint density at radius 1 is 1.35 bits per heavy atom. The summed E-state index contributed by atoms with van der Waals surface area (Å²) < 4.78 is 10.9. The van der Waals surface area contributed by atoms with Crippen LogP contribution in [0.3, 0.4) is 0 Å². The number of ether oxygens (including phenoxy) is 1. The third kappa shape index (κ3) is 3.60. The summed E-state index contributed by atoms with van der Waals surface area (Å²) in [5.74, 6) is 1.96. The topological polar surface area (TPSA) is 61.3 Å². The van der Waals surface area contributed by atoms with Crippen molar-refractivity contribution in [3.8, 4) is 5.75 Å². The number of pyridine rings is 1. The molecule has 2 heterocycles. The van der Waals surface area contributed by atoms with Crippen molar-refractivity contribution in [3.63, 3.8) is 0 Å². The Morgan fingerprint density at radius 2 is 2.29 bits per heavy atom. The van der Waals surface area contributed by atoms with E-state index in [1.54, 1.807) is 18.7 Å². The second-order valence-electron chi connectivity index (χ2n) is 3.88. The van der Waals surface area contributed by atoms with Gasteiger partial charge in [0.25, 0.3) is 0 Å². The molecule has 0 spiro atoms. The molecule has 0 aliphatic rings. The van der Waals surface area contributed by atoms with Gasteiger partial charge >= 0.3 is 0 Å². The summed E-state index contributed by atoms with van der Waals surface area (Å²) in [7, 11) is 0. The largest absolute Gasteiger partial charge is 0.492 e. The Balaban J connectivity index is 1.84. The Morgan fingerprint density at radius 3 is 2.94 bits per heavy atom. The van der Waals surface area contributed by atoms with Crippen molar-refractivity contribution in [2.24, 2.45) is 11.7 Å². The van der Waals surface area contributed by atoms with E-state index in [4.69, 9.17) is 14.9 Å². The van der Waals surface area contributed by atoms with E-state index in [9.17, 15) is 0 Å². The molecule has 2 aromatic heterocycles. The van der Waals surface area contributed by atoms with Gasteiger partial charge < -0.3 is 14.9 Å². The van der Waals surface area contributed by atoms with Crippen LogP contribution in [0.1, 0.15) is 5.76 Å². The SMILES string of the molecule is NCC(COc1cccnc1)Cc1ccco1. The lowest BCUT2D eigenvalue weighted by Crippen LogP contribution is -2.23. The average Bonchev–Trinajstić information content (AvgIpc) is 2.88. The van der Waals surface area contributed by atoms with Crippen molar-refractivity contribution in [2.45, 2.75) is 6.42 Å². The zero-order valence-electron chi connectivity index (χ0n) is 9.58. The molecule has 0 radical (unpaired) electrons. The summed E-state index contributed by atoms with van der Waals surface area (Å²) in [4.78, 5) is 3.99. The van der Waals surface area contributed by atoms with E-state index in [1.807, 2.05) is 24.3 Å². The molecule has 2 N–H and O–H groups in total. The molecule has 4 heteroatoms. The van der Waals surface area contributed by atoms with Crippen LogP contribution in [0, 0.1) is 5.92 Å². The summed E-state index contributed by atoms with van der Waals surface area (Å²) in [6, 6.07) is 7.56. The van der Waals surface area contributed by atoms with Crippen LogP contribution in [0.15, 0.2) is 47.3 Å². The van der Waals surface area contributed by atoms with Gasteiger partial charge in [0.1, 0.15) is 11.5 Å². The zero-order valence-corrected chi connectivity index (χ0v) is 9.58. The van der Waals surface area contributed by atoms with Crippen LogP contribution in [0.25, 0.3) is 0 Å². The molecule has 17 heavy (non-hydrogen) atoms. The van der Waals surface area contributed by atoms with Gasteiger partial charge in [0.2, 0.25) is 0 Å². The molecule has 0 amide bonds. The first kappa shape index (κ1) is 11.7. The number of hydrogen-bond acceptors (Lipinski definition) is 4. The number of aromatic nitrogens is 1. The molecular formula is C13H16N2O2.